The molecule has 0 aliphatic carbocycles. The lowest BCUT2D eigenvalue weighted by atomic mass is 9.89. The van der Waals surface area contributed by atoms with Gasteiger partial charge in [0.2, 0.25) is 0 Å². The summed E-state index contributed by atoms with van der Waals surface area (Å²) in [5.41, 5.74) is -0.148. The van der Waals surface area contributed by atoms with E-state index in [1.54, 1.807) is 12.4 Å². The fraction of sp³-hybridized carbons (Fsp3) is 0.545. The summed E-state index contributed by atoms with van der Waals surface area (Å²) in [6.07, 6.45) is 7.35. The van der Waals surface area contributed by atoms with Gasteiger partial charge >= 0.3 is 0 Å². The molecule has 0 aromatic carbocycles. The molecule has 0 saturated carbocycles. The van der Waals surface area contributed by atoms with E-state index in [1.165, 1.54) is 6.33 Å². The predicted molar refractivity (Wildman–Crippen MR) is 54.6 cm³/mol. The lowest BCUT2D eigenvalue weighted by Crippen LogP contribution is -2.41. The van der Waals surface area contributed by atoms with Crippen molar-refractivity contribution in [3.63, 3.8) is 0 Å². The predicted octanol–water partition coefficient (Wildman–Crippen LogP) is 1.62. The first-order valence-electron chi connectivity index (χ1n) is 5.16. The topological polar surface area (TPSA) is 52.1 Å². The average Bonchev–Trinajstić information content (AvgIpc) is 2.30. The molecule has 1 fully saturated rings. The van der Waals surface area contributed by atoms with E-state index >= 15 is 0 Å². The molecule has 0 radical (unpaired) electrons. The Balaban J connectivity index is 2.20. The van der Waals surface area contributed by atoms with E-state index in [0.717, 1.165) is 19.3 Å². The van der Waals surface area contributed by atoms with Gasteiger partial charge in [0.25, 0.3) is 0 Å². The second kappa shape index (κ2) is 4.06. The molecule has 0 bridgehead atoms. The minimum Gasteiger partial charge on any atom is -0.367 e. The van der Waals surface area contributed by atoms with Crippen LogP contribution in [0.1, 0.15) is 36.5 Å². The Morgan fingerprint density at radius 1 is 1.40 bits per heavy atom. The number of carbonyl (C=O) groups is 1. The fourth-order valence-electron chi connectivity index (χ4n) is 1.83. The molecule has 1 aromatic rings. The van der Waals surface area contributed by atoms with Crippen LogP contribution in [0, 0.1) is 0 Å². The molecule has 1 aliphatic heterocycles. The molecule has 4 heteroatoms. The Kier molecular flexibility index (Phi) is 2.77. The summed E-state index contributed by atoms with van der Waals surface area (Å²) in [6, 6.07) is 0. The number of ketones is 1. The van der Waals surface area contributed by atoms with Crippen molar-refractivity contribution in [2.24, 2.45) is 0 Å². The molecule has 1 aliphatic rings. The molecule has 2 rings (SSSR count). The third-order valence-electron chi connectivity index (χ3n) is 2.77. The Morgan fingerprint density at radius 2 is 2.13 bits per heavy atom. The molecule has 0 N–H and O–H groups in total. The number of hydrogen-bond donors (Lipinski definition) is 0. The summed E-state index contributed by atoms with van der Waals surface area (Å²) in [5, 5.41) is 0. The molecule has 1 atom stereocenters. The van der Waals surface area contributed by atoms with Crippen LogP contribution in [0.15, 0.2) is 18.7 Å². The van der Waals surface area contributed by atoms with Crippen LogP contribution in [-0.2, 0) is 4.74 Å². The van der Waals surface area contributed by atoms with Gasteiger partial charge in [0, 0.05) is 19.0 Å². The van der Waals surface area contributed by atoms with E-state index in [2.05, 4.69) is 9.97 Å². The Bertz CT molecular complexity index is 345. The number of ether oxygens (including phenoxy) is 1. The van der Waals surface area contributed by atoms with Crippen LogP contribution in [0.4, 0.5) is 0 Å². The molecule has 1 aromatic heterocycles. The van der Waals surface area contributed by atoms with E-state index in [4.69, 9.17) is 4.74 Å². The molecule has 15 heavy (non-hydrogen) atoms. The number of carbonyl (C=O) groups excluding carboxylic acids is 1. The van der Waals surface area contributed by atoms with E-state index in [9.17, 15) is 4.79 Å². The van der Waals surface area contributed by atoms with Gasteiger partial charge in [-0.3, -0.25) is 4.79 Å². The largest absolute Gasteiger partial charge is 0.367 e. The molecular weight excluding hydrogens is 192 g/mol. The molecule has 0 spiro atoms. The van der Waals surface area contributed by atoms with Gasteiger partial charge in [-0.15, -0.1) is 0 Å². The highest BCUT2D eigenvalue weighted by Crippen LogP contribution is 2.27. The van der Waals surface area contributed by atoms with Crippen molar-refractivity contribution in [3.8, 4) is 0 Å². The van der Waals surface area contributed by atoms with Crippen molar-refractivity contribution in [2.75, 3.05) is 6.61 Å². The smallest absolute Gasteiger partial charge is 0.197 e. The highest BCUT2D eigenvalue weighted by Gasteiger charge is 2.36. The first kappa shape index (κ1) is 10.2. The van der Waals surface area contributed by atoms with Gasteiger partial charge in [0.05, 0.1) is 5.56 Å². The van der Waals surface area contributed by atoms with Crippen molar-refractivity contribution in [3.05, 3.63) is 24.3 Å². The van der Waals surface area contributed by atoms with Gasteiger partial charge in [-0.05, 0) is 26.2 Å². The van der Waals surface area contributed by atoms with Crippen LogP contribution in [0.5, 0.6) is 0 Å². The van der Waals surface area contributed by atoms with Gasteiger partial charge in [-0.1, -0.05) is 0 Å². The van der Waals surface area contributed by atoms with Gasteiger partial charge in [-0.25, -0.2) is 9.97 Å². The second-order valence-electron chi connectivity index (χ2n) is 3.99. The maximum Gasteiger partial charge on any atom is 0.197 e. The summed E-state index contributed by atoms with van der Waals surface area (Å²) >= 11 is 0. The number of Topliss-reactive ketones (excluding diaryl/α,β-unsaturated/α-hetero) is 1. The summed E-state index contributed by atoms with van der Waals surface area (Å²) in [4.78, 5) is 19.8. The fourth-order valence-corrected chi connectivity index (χ4v) is 1.83. The molecule has 0 amide bonds. The van der Waals surface area contributed by atoms with Crippen LogP contribution in [0.2, 0.25) is 0 Å². The highest BCUT2D eigenvalue weighted by molar-refractivity contribution is 6.01. The lowest BCUT2D eigenvalue weighted by Gasteiger charge is -2.32. The van der Waals surface area contributed by atoms with Crippen molar-refractivity contribution in [1.29, 1.82) is 0 Å². The first-order chi connectivity index (χ1) is 7.22. The van der Waals surface area contributed by atoms with E-state index < -0.39 is 5.60 Å². The van der Waals surface area contributed by atoms with Crippen LogP contribution in [0.25, 0.3) is 0 Å². The zero-order valence-corrected chi connectivity index (χ0v) is 8.77. The molecule has 80 valence electrons. The standard InChI is InChI=1S/C11H14N2O2/c1-11(4-2-3-5-15-11)10(14)9-6-12-8-13-7-9/h6-8H,2-5H2,1H3. The van der Waals surface area contributed by atoms with Crippen molar-refractivity contribution in [1.82, 2.24) is 9.97 Å². The third-order valence-corrected chi connectivity index (χ3v) is 2.77. The summed E-state index contributed by atoms with van der Waals surface area (Å²) < 4.78 is 5.58. The summed E-state index contributed by atoms with van der Waals surface area (Å²) in [6.45, 7) is 2.51. The number of nitrogens with zero attached hydrogens (tertiary/aromatic N) is 2. The zero-order chi connectivity index (χ0) is 10.7. The van der Waals surface area contributed by atoms with Gasteiger partial charge in [0.1, 0.15) is 11.9 Å². The van der Waals surface area contributed by atoms with Gasteiger partial charge in [-0.2, -0.15) is 0 Å². The molecule has 1 saturated heterocycles. The quantitative estimate of drug-likeness (QED) is 0.690. The average molecular weight is 206 g/mol. The van der Waals surface area contributed by atoms with E-state index in [-0.39, 0.29) is 5.78 Å². The van der Waals surface area contributed by atoms with Crippen LogP contribution in [-0.4, -0.2) is 28.0 Å². The van der Waals surface area contributed by atoms with Crippen molar-refractivity contribution >= 4 is 5.78 Å². The Morgan fingerprint density at radius 3 is 2.73 bits per heavy atom. The third kappa shape index (κ3) is 2.04. The van der Waals surface area contributed by atoms with E-state index in [0.29, 0.717) is 12.2 Å². The first-order valence-corrected chi connectivity index (χ1v) is 5.16. The van der Waals surface area contributed by atoms with Gasteiger partial charge in [0.15, 0.2) is 5.78 Å². The number of aromatic nitrogens is 2. The monoisotopic (exact) mass is 206 g/mol. The lowest BCUT2D eigenvalue weighted by molar-refractivity contribution is -0.0426. The van der Waals surface area contributed by atoms with Crippen LogP contribution >= 0.6 is 0 Å². The van der Waals surface area contributed by atoms with Crippen molar-refractivity contribution in [2.45, 2.75) is 31.8 Å². The number of rotatable bonds is 2. The number of hydrogen-bond acceptors (Lipinski definition) is 4. The van der Waals surface area contributed by atoms with Crippen LogP contribution in [0.3, 0.4) is 0 Å². The Labute approximate surface area is 88.7 Å². The molecule has 2 heterocycles. The maximum atomic E-state index is 12.1. The summed E-state index contributed by atoms with van der Waals surface area (Å²) in [5.74, 6) is -0.0113. The highest BCUT2D eigenvalue weighted by atomic mass is 16.5. The van der Waals surface area contributed by atoms with Gasteiger partial charge < -0.3 is 4.74 Å². The minimum atomic E-state index is -0.678. The molecule has 4 nitrogen and oxygen atoms in total. The molecular formula is C11H14N2O2. The minimum absolute atomic E-state index is 0.0113. The Hall–Kier alpha value is -1.29. The van der Waals surface area contributed by atoms with Crippen molar-refractivity contribution < 1.29 is 9.53 Å². The summed E-state index contributed by atoms with van der Waals surface area (Å²) in [7, 11) is 0. The molecule has 1 unspecified atom stereocenters. The zero-order valence-electron chi connectivity index (χ0n) is 8.77. The van der Waals surface area contributed by atoms with E-state index in [1.807, 2.05) is 6.92 Å². The van der Waals surface area contributed by atoms with Crippen LogP contribution < -0.4 is 0 Å². The second-order valence-corrected chi connectivity index (χ2v) is 3.99. The SMILES string of the molecule is CC1(C(=O)c2cncnc2)CCCCO1. The normalized spacial score (nSPS) is 26.2. The maximum absolute atomic E-state index is 12.1.